The van der Waals surface area contributed by atoms with Crippen LogP contribution in [0.4, 0.5) is 0 Å². The third kappa shape index (κ3) is 4.40. The van der Waals surface area contributed by atoms with E-state index in [1.165, 1.54) is 50.3 Å². The first-order valence-electron chi connectivity index (χ1n) is 12.6. The van der Waals surface area contributed by atoms with Gasteiger partial charge in [-0.2, -0.15) is 0 Å². The van der Waals surface area contributed by atoms with Gasteiger partial charge in [-0.3, -0.25) is 18.6 Å². The van der Waals surface area contributed by atoms with Crippen molar-refractivity contribution in [2.24, 2.45) is 0 Å². The molecule has 8 heteroatoms. The average Bonchev–Trinajstić information content (AvgIpc) is 3.31. The van der Waals surface area contributed by atoms with Gasteiger partial charge in [-0.1, -0.05) is 68.5 Å². The summed E-state index contributed by atoms with van der Waals surface area (Å²) >= 11 is 1.43. The predicted octanol–water partition coefficient (Wildman–Crippen LogP) is 4.82. The lowest BCUT2D eigenvalue weighted by atomic mass is 9.88. The normalized spacial score (nSPS) is 17.9. The molecule has 0 radical (unpaired) electrons. The molecule has 2 aromatic heterocycles. The maximum Gasteiger partial charge on any atom is 0.263 e. The van der Waals surface area contributed by atoms with Crippen molar-refractivity contribution in [1.82, 2.24) is 24.1 Å². The topological polar surface area (TPSA) is 72.5 Å². The van der Waals surface area contributed by atoms with Crippen LogP contribution >= 0.6 is 11.8 Å². The maximum atomic E-state index is 13.6. The zero-order chi connectivity index (χ0) is 23.5. The van der Waals surface area contributed by atoms with Gasteiger partial charge < -0.3 is 4.90 Å². The van der Waals surface area contributed by atoms with E-state index in [0.717, 1.165) is 31.2 Å². The number of carbonyl (C=O) groups excluding carboxylic acids is 1. The molecule has 180 valence electrons. The molecule has 0 unspecified atom stereocenters. The summed E-state index contributed by atoms with van der Waals surface area (Å²) in [5.74, 6) is 1.03. The molecule has 7 nitrogen and oxygen atoms in total. The van der Waals surface area contributed by atoms with Crippen LogP contribution in [-0.2, 0) is 11.3 Å². The van der Waals surface area contributed by atoms with Crippen molar-refractivity contribution in [2.75, 3.05) is 5.75 Å². The molecular formula is C26H33N5O2S. The van der Waals surface area contributed by atoms with Crippen LogP contribution in [0.1, 0.15) is 64.2 Å². The molecule has 34 heavy (non-hydrogen) atoms. The van der Waals surface area contributed by atoms with Crippen molar-refractivity contribution in [2.45, 2.75) is 88.0 Å². The Hall–Kier alpha value is -2.61. The number of para-hydroxylation sites is 1. The van der Waals surface area contributed by atoms with Gasteiger partial charge in [-0.15, -0.1) is 16.8 Å². The molecule has 0 saturated heterocycles. The summed E-state index contributed by atoms with van der Waals surface area (Å²) in [5, 5.41) is 9.98. The van der Waals surface area contributed by atoms with E-state index in [-0.39, 0.29) is 11.5 Å². The van der Waals surface area contributed by atoms with Gasteiger partial charge in [-0.05, 0) is 37.8 Å². The second-order valence-electron chi connectivity index (χ2n) is 9.51. The fourth-order valence-electron chi connectivity index (χ4n) is 5.75. The van der Waals surface area contributed by atoms with Gasteiger partial charge in [0.25, 0.3) is 5.56 Å². The summed E-state index contributed by atoms with van der Waals surface area (Å²) in [6.07, 6.45) is 13.6. The lowest BCUT2D eigenvalue weighted by Crippen LogP contribution is -2.49. The number of carbonyl (C=O) groups is 1. The molecule has 0 aliphatic heterocycles. The van der Waals surface area contributed by atoms with Crippen molar-refractivity contribution >= 4 is 34.3 Å². The first-order chi connectivity index (χ1) is 16.7. The largest absolute Gasteiger partial charge is 0.336 e. The van der Waals surface area contributed by atoms with E-state index >= 15 is 0 Å². The van der Waals surface area contributed by atoms with Crippen LogP contribution in [0.5, 0.6) is 0 Å². The molecule has 2 aliphatic rings. The van der Waals surface area contributed by atoms with Gasteiger partial charge in [0.05, 0.1) is 16.7 Å². The SMILES string of the molecule is C=CCn1c(=O)c2ccccc2n2c(SCC(=O)N(C3CCCCC3)C3CCCCC3)nnc12. The molecule has 1 aromatic carbocycles. The monoisotopic (exact) mass is 479 g/mol. The molecule has 2 aliphatic carbocycles. The van der Waals surface area contributed by atoms with Crippen LogP contribution in [0, 0.1) is 0 Å². The Bertz CT molecular complexity index is 1220. The van der Waals surface area contributed by atoms with E-state index in [9.17, 15) is 9.59 Å². The van der Waals surface area contributed by atoms with E-state index in [4.69, 9.17) is 0 Å². The Kier molecular flexibility index (Phi) is 7.04. The summed E-state index contributed by atoms with van der Waals surface area (Å²) in [6.45, 7) is 4.14. The number of benzene rings is 1. The van der Waals surface area contributed by atoms with Crippen molar-refractivity contribution in [3.8, 4) is 0 Å². The molecule has 5 rings (SSSR count). The summed E-state index contributed by atoms with van der Waals surface area (Å²) in [7, 11) is 0. The van der Waals surface area contributed by atoms with Crippen molar-refractivity contribution in [3.05, 3.63) is 47.3 Å². The molecule has 0 bridgehead atoms. The second-order valence-corrected chi connectivity index (χ2v) is 10.5. The fraction of sp³-hybridized carbons (Fsp3) is 0.538. The molecule has 0 spiro atoms. The highest BCUT2D eigenvalue weighted by Crippen LogP contribution is 2.31. The number of fused-ring (bicyclic) bond motifs is 3. The van der Waals surface area contributed by atoms with Crippen molar-refractivity contribution in [1.29, 1.82) is 0 Å². The van der Waals surface area contributed by atoms with Gasteiger partial charge in [0.15, 0.2) is 5.16 Å². The Morgan fingerprint density at radius 2 is 1.68 bits per heavy atom. The minimum absolute atomic E-state index is 0.108. The number of allylic oxidation sites excluding steroid dienone is 1. The molecule has 2 fully saturated rings. The van der Waals surface area contributed by atoms with Crippen LogP contribution in [-0.4, -0.2) is 47.8 Å². The highest BCUT2D eigenvalue weighted by Gasteiger charge is 2.32. The van der Waals surface area contributed by atoms with Gasteiger partial charge in [0, 0.05) is 18.6 Å². The second kappa shape index (κ2) is 10.3. The van der Waals surface area contributed by atoms with E-state index in [2.05, 4.69) is 21.7 Å². The van der Waals surface area contributed by atoms with E-state index in [1.54, 1.807) is 10.6 Å². The number of hydrogen-bond acceptors (Lipinski definition) is 5. The van der Waals surface area contributed by atoms with Gasteiger partial charge in [0.2, 0.25) is 11.7 Å². The zero-order valence-corrected chi connectivity index (χ0v) is 20.5. The molecule has 0 N–H and O–H groups in total. The summed E-state index contributed by atoms with van der Waals surface area (Å²) < 4.78 is 3.49. The molecule has 2 heterocycles. The Morgan fingerprint density at radius 1 is 1.03 bits per heavy atom. The predicted molar refractivity (Wildman–Crippen MR) is 136 cm³/mol. The van der Waals surface area contributed by atoms with Crippen molar-refractivity contribution in [3.63, 3.8) is 0 Å². The van der Waals surface area contributed by atoms with Crippen LogP contribution in [0.25, 0.3) is 16.7 Å². The lowest BCUT2D eigenvalue weighted by Gasteiger charge is -2.41. The van der Waals surface area contributed by atoms with E-state index in [0.29, 0.717) is 40.7 Å². The quantitative estimate of drug-likeness (QED) is 0.359. The molecule has 2 saturated carbocycles. The number of amides is 1. The van der Waals surface area contributed by atoms with Crippen molar-refractivity contribution < 1.29 is 4.79 Å². The third-order valence-corrected chi connectivity index (χ3v) is 8.25. The van der Waals surface area contributed by atoms with E-state index in [1.807, 2.05) is 28.7 Å². The highest BCUT2D eigenvalue weighted by molar-refractivity contribution is 7.99. The Morgan fingerprint density at radius 3 is 2.32 bits per heavy atom. The number of aromatic nitrogens is 4. The number of rotatable bonds is 7. The van der Waals surface area contributed by atoms with Crippen LogP contribution < -0.4 is 5.56 Å². The summed E-state index contributed by atoms with van der Waals surface area (Å²) in [6, 6.07) is 8.25. The zero-order valence-electron chi connectivity index (χ0n) is 19.7. The van der Waals surface area contributed by atoms with E-state index < -0.39 is 0 Å². The standard InChI is InChI=1S/C26H33N5O2S/c1-2-17-29-24(33)21-15-9-10-16-22(21)31-25(29)27-28-26(31)34-18-23(32)30(19-11-5-3-6-12-19)20-13-7-4-8-14-20/h2,9-10,15-16,19-20H,1,3-8,11-14,17-18H2. The molecule has 1 amide bonds. The number of nitrogens with zero attached hydrogens (tertiary/aromatic N) is 5. The number of hydrogen-bond donors (Lipinski definition) is 0. The highest BCUT2D eigenvalue weighted by atomic mass is 32.2. The van der Waals surface area contributed by atoms with Crippen LogP contribution in [0.15, 0.2) is 46.9 Å². The fourth-order valence-corrected chi connectivity index (χ4v) is 6.55. The first kappa shape index (κ1) is 23.1. The maximum absolute atomic E-state index is 13.6. The van der Waals surface area contributed by atoms with Gasteiger partial charge >= 0.3 is 0 Å². The summed E-state index contributed by atoms with van der Waals surface area (Å²) in [4.78, 5) is 28.9. The van der Waals surface area contributed by atoms with Crippen LogP contribution in [0.3, 0.4) is 0 Å². The van der Waals surface area contributed by atoms with Crippen LogP contribution in [0.2, 0.25) is 0 Å². The third-order valence-electron chi connectivity index (χ3n) is 7.34. The number of thioether (sulfide) groups is 1. The first-order valence-corrected chi connectivity index (χ1v) is 13.6. The smallest absolute Gasteiger partial charge is 0.263 e. The average molecular weight is 480 g/mol. The van der Waals surface area contributed by atoms with Gasteiger partial charge in [-0.25, -0.2) is 0 Å². The molecular weight excluding hydrogens is 446 g/mol. The minimum Gasteiger partial charge on any atom is -0.336 e. The van der Waals surface area contributed by atoms with Gasteiger partial charge in [0.1, 0.15) is 0 Å². The molecule has 0 atom stereocenters. The lowest BCUT2D eigenvalue weighted by molar-refractivity contribution is -0.135. The minimum atomic E-state index is -0.108. The summed E-state index contributed by atoms with van der Waals surface area (Å²) in [5.41, 5.74) is 0.656. The Balaban J connectivity index is 1.45. The molecule has 3 aromatic rings. The Labute approximate surface area is 204 Å².